The number of benzene rings is 1. The van der Waals surface area contributed by atoms with E-state index in [1.807, 2.05) is 6.07 Å². The molecule has 2 heterocycles. The summed E-state index contributed by atoms with van der Waals surface area (Å²) in [4.78, 5) is 0. The van der Waals surface area contributed by atoms with Crippen molar-refractivity contribution in [2.75, 3.05) is 19.7 Å². The van der Waals surface area contributed by atoms with Crippen LogP contribution >= 0.6 is 15.9 Å². The van der Waals surface area contributed by atoms with E-state index in [1.54, 1.807) is 0 Å². The Morgan fingerprint density at radius 3 is 3.12 bits per heavy atom. The molecule has 0 aliphatic carbocycles. The second kappa shape index (κ2) is 4.25. The van der Waals surface area contributed by atoms with Gasteiger partial charge in [0.2, 0.25) is 0 Å². The van der Waals surface area contributed by atoms with E-state index < -0.39 is 5.67 Å². The van der Waals surface area contributed by atoms with Gasteiger partial charge in [-0.25, -0.2) is 4.39 Å². The van der Waals surface area contributed by atoms with Gasteiger partial charge in [-0.3, -0.25) is 0 Å². The Bertz CT molecular complexity index is 443. The number of fused-ring (bicyclic) bond motifs is 1. The van der Waals surface area contributed by atoms with Crippen LogP contribution in [0.5, 0.6) is 5.75 Å². The van der Waals surface area contributed by atoms with Crippen molar-refractivity contribution in [3.8, 4) is 5.75 Å². The summed E-state index contributed by atoms with van der Waals surface area (Å²) in [6.07, 6.45) is 1.97. The zero-order chi connectivity index (χ0) is 11.9. The van der Waals surface area contributed by atoms with Crippen molar-refractivity contribution < 1.29 is 9.13 Å². The number of rotatable bonds is 2. The molecule has 2 aliphatic heterocycles. The van der Waals surface area contributed by atoms with Gasteiger partial charge in [-0.05, 0) is 36.2 Å². The lowest BCUT2D eigenvalue weighted by Crippen LogP contribution is -2.28. The topological polar surface area (TPSA) is 21.3 Å². The molecule has 1 fully saturated rings. The summed E-state index contributed by atoms with van der Waals surface area (Å²) in [7, 11) is 0. The van der Waals surface area contributed by atoms with Crippen LogP contribution in [-0.2, 0) is 12.8 Å². The number of hydrogen-bond acceptors (Lipinski definition) is 2. The Labute approximate surface area is 109 Å². The minimum absolute atomic E-state index is 0.446. The predicted molar refractivity (Wildman–Crippen MR) is 68.4 cm³/mol. The molecule has 17 heavy (non-hydrogen) atoms. The Morgan fingerprint density at radius 1 is 1.47 bits per heavy atom. The third-order valence-electron chi connectivity index (χ3n) is 3.52. The van der Waals surface area contributed by atoms with E-state index in [9.17, 15) is 4.39 Å². The first-order valence-electron chi connectivity index (χ1n) is 6.00. The molecule has 0 aromatic heterocycles. The van der Waals surface area contributed by atoms with E-state index in [4.69, 9.17) is 4.74 Å². The summed E-state index contributed by atoms with van der Waals surface area (Å²) in [5.74, 6) is 0.914. The molecular formula is C13H15BrFNO. The highest BCUT2D eigenvalue weighted by Crippen LogP contribution is 2.36. The smallest absolute Gasteiger partial charge is 0.128 e. The monoisotopic (exact) mass is 299 g/mol. The molecule has 1 saturated heterocycles. The summed E-state index contributed by atoms with van der Waals surface area (Å²) < 4.78 is 21.1. The molecule has 0 radical (unpaired) electrons. The molecule has 3 rings (SSSR count). The molecule has 0 bridgehead atoms. The minimum atomic E-state index is -1.11. The third kappa shape index (κ3) is 2.20. The van der Waals surface area contributed by atoms with Crippen molar-refractivity contribution in [3.05, 3.63) is 27.7 Å². The van der Waals surface area contributed by atoms with E-state index in [0.29, 0.717) is 19.4 Å². The normalized spacial score (nSPS) is 26.9. The van der Waals surface area contributed by atoms with Crippen LogP contribution in [0.25, 0.3) is 0 Å². The molecule has 0 amide bonds. The van der Waals surface area contributed by atoms with Gasteiger partial charge in [0.05, 0.1) is 6.61 Å². The van der Waals surface area contributed by atoms with Gasteiger partial charge in [-0.15, -0.1) is 0 Å². The Hall–Kier alpha value is -0.610. The standard InChI is InChI=1S/C13H15BrFNO/c14-11-5-9-1-4-17-12(9)10(6-11)7-13(15)2-3-16-8-13/h5-6,16H,1-4,7-8H2. The average molecular weight is 300 g/mol. The van der Waals surface area contributed by atoms with Crippen molar-refractivity contribution >= 4 is 15.9 Å². The lowest BCUT2D eigenvalue weighted by Gasteiger charge is -2.19. The van der Waals surface area contributed by atoms with Crippen LogP contribution in [0.15, 0.2) is 16.6 Å². The number of alkyl halides is 1. The summed E-state index contributed by atoms with van der Waals surface area (Å²) in [6.45, 7) is 1.94. The number of ether oxygens (including phenoxy) is 1. The van der Waals surface area contributed by atoms with Crippen LogP contribution in [0.4, 0.5) is 4.39 Å². The SMILES string of the molecule is FC1(Cc2cc(Br)cc3c2OCC3)CCNC1. The average Bonchev–Trinajstić information content (AvgIpc) is 2.86. The fourth-order valence-electron chi connectivity index (χ4n) is 2.68. The van der Waals surface area contributed by atoms with Crippen LogP contribution < -0.4 is 10.1 Å². The fraction of sp³-hybridized carbons (Fsp3) is 0.538. The molecule has 1 aromatic rings. The first-order chi connectivity index (χ1) is 8.16. The fourth-order valence-corrected chi connectivity index (χ4v) is 3.24. The van der Waals surface area contributed by atoms with E-state index >= 15 is 0 Å². The molecule has 4 heteroatoms. The van der Waals surface area contributed by atoms with E-state index in [1.165, 1.54) is 5.56 Å². The van der Waals surface area contributed by atoms with Crippen molar-refractivity contribution in [2.24, 2.45) is 0 Å². The number of hydrogen-bond donors (Lipinski definition) is 1. The highest BCUT2D eigenvalue weighted by molar-refractivity contribution is 9.10. The first-order valence-corrected chi connectivity index (χ1v) is 6.79. The van der Waals surface area contributed by atoms with Gasteiger partial charge in [0.1, 0.15) is 11.4 Å². The highest BCUT2D eigenvalue weighted by Gasteiger charge is 2.35. The van der Waals surface area contributed by atoms with Gasteiger partial charge in [0.15, 0.2) is 0 Å². The van der Waals surface area contributed by atoms with Gasteiger partial charge >= 0.3 is 0 Å². The number of halogens is 2. The highest BCUT2D eigenvalue weighted by atomic mass is 79.9. The van der Waals surface area contributed by atoms with Gasteiger partial charge < -0.3 is 10.1 Å². The van der Waals surface area contributed by atoms with Crippen LogP contribution in [0.1, 0.15) is 17.5 Å². The van der Waals surface area contributed by atoms with Crippen molar-refractivity contribution in [3.63, 3.8) is 0 Å². The predicted octanol–water partition coefficient (Wildman–Crippen LogP) is 2.63. The summed E-state index contributed by atoms with van der Waals surface area (Å²) in [5.41, 5.74) is 1.09. The van der Waals surface area contributed by atoms with Crippen LogP contribution in [0.2, 0.25) is 0 Å². The molecule has 1 N–H and O–H groups in total. The molecular weight excluding hydrogens is 285 g/mol. The molecule has 2 nitrogen and oxygen atoms in total. The molecule has 1 atom stereocenters. The number of nitrogens with one attached hydrogen (secondary N) is 1. The maximum atomic E-state index is 14.5. The summed E-state index contributed by atoms with van der Waals surface area (Å²) >= 11 is 3.49. The van der Waals surface area contributed by atoms with Crippen molar-refractivity contribution in [1.82, 2.24) is 5.32 Å². The van der Waals surface area contributed by atoms with Gasteiger partial charge in [0, 0.05) is 23.9 Å². The van der Waals surface area contributed by atoms with E-state index in [2.05, 4.69) is 27.3 Å². The Morgan fingerprint density at radius 2 is 2.35 bits per heavy atom. The van der Waals surface area contributed by atoms with Crippen LogP contribution in [0, 0.1) is 0 Å². The van der Waals surface area contributed by atoms with Gasteiger partial charge in [0.25, 0.3) is 0 Å². The molecule has 0 saturated carbocycles. The van der Waals surface area contributed by atoms with Gasteiger partial charge in [-0.2, -0.15) is 0 Å². The maximum absolute atomic E-state index is 14.5. The van der Waals surface area contributed by atoms with Crippen LogP contribution in [-0.4, -0.2) is 25.4 Å². The van der Waals surface area contributed by atoms with Crippen molar-refractivity contribution in [1.29, 1.82) is 0 Å². The van der Waals surface area contributed by atoms with Crippen LogP contribution in [0.3, 0.4) is 0 Å². The summed E-state index contributed by atoms with van der Waals surface area (Å²) in [6, 6.07) is 4.06. The lowest BCUT2D eigenvalue weighted by atomic mass is 9.93. The minimum Gasteiger partial charge on any atom is -0.493 e. The molecule has 0 spiro atoms. The summed E-state index contributed by atoms with van der Waals surface area (Å²) in [5, 5.41) is 3.09. The Kier molecular flexibility index (Phi) is 2.87. The molecule has 2 aliphatic rings. The Balaban J connectivity index is 1.92. The third-order valence-corrected chi connectivity index (χ3v) is 3.98. The second-order valence-electron chi connectivity index (χ2n) is 4.91. The zero-order valence-electron chi connectivity index (χ0n) is 9.56. The first kappa shape index (κ1) is 11.5. The lowest BCUT2D eigenvalue weighted by molar-refractivity contribution is 0.188. The molecule has 1 unspecified atom stereocenters. The molecule has 92 valence electrons. The largest absolute Gasteiger partial charge is 0.493 e. The quantitative estimate of drug-likeness (QED) is 0.906. The molecule has 1 aromatic carbocycles. The van der Waals surface area contributed by atoms with Crippen molar-refractivity contribution in [2.45, 2.75) is 24.9 Å². The van der Waals surface area contributed by atoms with E-state index in [-0.39, 0.29) is 0 Å². The zero-order valence-corrected chi connectivity index (χ0v) is 11.1. The second-order valence-corrected chi connectivity index (χ2v) is 5.82. The van der Waals surface area contributed by atoms with E-state index in [0.717, 1.165) is 35.4 Å². The van der Waals surface area contributed by atoms with Gasteiger partial charge in [-0.1, -0.05) is 15.9 Å². The maximum Gasteiger partial charge on any atom is 0.128 e.